The highest BCUT2D eigenvalue weighted by Gasteiger charge is 2.19. The molecule has 0 aromatic heterocycles. The minimum absolute atomic E-state index is 0.154. The van der Waals surface area contributed by atoms with Gasteiger partial charge in [-0.25, -0.2) is 12.8 Å². The number of hydrogen-bond acceptors (Lipinski definition) is 5. The van der Waals surface area contributed by atoms with Gasteiger partial charge < -0.3 is 14.8 Å². The van der Waals surface area contributed by atoms with Crippen molar-refractivity contribution in [1.82, 2.24) is 0 Å². The largest absolute Gasteiger partial charge is 0.486 e. The van der Waals surface area contributed by atoms with Crippen molar-refractivity contribution in [3.05, 3.63) is 77.1 Å². The predicted octanol–water partition coefficient (Wildman–Crippen LogP) is 4.30. The molecule has 7 nitrogen and oxygen atoms in total. The lowest BCUT2D eigenvalue weighted by Gasteiger charge is -2.19. The number of ether oxygens (including phenoxy) is 2. The van der Waals surface area contributed by atoms with Gasteiger partial charge in [-0.05, 0) is 54.6 Å². The van der Waals surface area contributed by atoms with Crippen molar-refractivity contribution in [1.29, 1.82) is 0 Å². The summed E-state index contributed by atoms with van der Waals surface area (Å²) in [6.07, 6.45) is 0. The highest BCUT2D eigenvalue weighted by molar-refractivity contribution is 7.92. The fraction of sp³-hybridized carbons (Fsp3) is 0.0952. The molecule has 31 heavy (non-hydrogen) atoms. The molecule has 0 atom stereocenters. The van der Waals surface area contributed by atoms with Gasteiger partial charge in [0.05, 0.1) is 16.3 Å². The van der Waals surface area contributed by atoms with Crippen molar-refractivity contribution in [2.75, 3.05) is 23.3 Å². The topological polar surface area (TPSA) is 93.7 Å². The third kappa shape index (κ3) is 4.73. The van der Waals surface area contributed by atoms with E-state index in [-0.39, 0.29) is 21.8 Å². The minimum Gasteiger partial charge on any atom is -0.486 e. The molecule has 1 aliphatic heterocycles. The average molecular weight is 463 g/mol. The summed E-state index contributed by atoms with van der Waals surface area (Å²) in [4.78, 5) is 11.9. The van der Waals surface area contributed by atoms with Crippen LogP contribution < -0.4 is 19.5 Å². The zero-order valence-corrected chi connectivity index (χ0v) is 17.5. The van der Waals surface area contributed by atoms with E-state index < -0.39 is 21.7 Å². The third-order valence-electron chi connectivity index (χ3n) is 4.40. The Morgan fingerprint density at radius 3 is 2.35 bits per heavy atom. The van der Waals surface area contributed by atoms with E-state index in [1.807, 2.05) is 0 Å². The number of carbonyl (C=O) groups is 1. The molecule has 2 N–H and O–H groups in total. The highest BCUT2D eigenvalue weighted by Crippen LogP contribution is 2.33. The van der Waals surface area contributed by atoms with E-state index in [1.165, 1.54) is 48.5 Å². The van der Waals surface area contributed by atoms with Crippen LogP contribution in [0.3, 0.4) is 0 Å². The van der Waals surface area contributed by atoms with Crippen LogP contribution in [0.4, 0.5) is 15.8 Å². The van der Waals surface area contributed by atoms with Gasteiger partial charge in [0.15, 0.2) is 11.5 Å². The summed E-state index contributed by atoms with van der Waals surface area (Å²) in [5.41, 5.74) is 0.365. The molecule has 1 heterocycles. The number of amides is 1. The molecular weight excluding hydrogens is 447 g/mol. The molecule has 0 aliphatic carbocycles. The van der Waals surface area contributed by atoms with Gasteiger partial charge in [0.25, 0.3) is 15.9 Å². The molecule has 0 fully saturated rings. The number of rotatable bonds is 5. The fourth-order valence-corrected chi connectivity index (χ4v) is 4.07. The van der Waals surface area contributed by atoms with E-state index in [9.17, 15) is 17.6 Å². The van der Waals surface area contributed by atoms with E-state index >= 15 is 0 Å². The third-order valence-corrected chi connectivity index (χ3v) is 6.03. The summed E-state index contributed by atoms with van der Waals surface area (Å²) in [5, 5.41) is 2.87. The summed E-state index contributed by atoms with van der Waals surface area (Å²) in [6.45, 7) is 0.774. The monoisotopic (exact) mass is 462 g/mol. The van der Waals surface area contributed by atoms with Crippen LogP contribution in [0, 0.1) is 5.82 Å². The molecule has 0 saturated heterocycles. The Hall–Kier alpha value is -3.30. The van der Waals surface area contributed by atoms with Crippen molar-refractivity contribution in [2.45, 2.75) is 4.90 Å². The molecule has 0 unspecified atom stereocenters. The minimum atomic E-state index is -4.08. The second-order valence-corrected chi connectivity index (χ2v) is 8.69. The van der Waals surface area contributed by atoms with E-state index in [0.29, 0.717) is 29.7 Å². The molecule has 0 radical (unpaired) electrons. The summed E-state index contributed by atoms with van der Waals surface area (Å²) in [6, 6.07) is 13.9. The normalized spacial score (nSPS) is 12.8. The van der Waals surface area contributed by atoms with Crippen LogP contribution in [0.1, 0.15) is 10.4 Å². The molecule has 0 saturated carbocycles. The van der Waals surface area contributed by atoms with E-state index in [2.05, 4.69) is 10.0 Å². The first-order valence-corrected chi connectivity index (χ1v) is 11.0. The van der Waals surface area contributed by atoms with E-state index in [4.69, 9.17) is 21.1 Å². The number of benzene rings is 3. The second kappa shape index (κ2) is 8.44. The van der Waals surface area contributed by atoms with Gasteiger partial charge in [-0.3, -0.25) is 9.52 Å². The SMILES string of the molecule is O=C(Nc1ccc(S(=O)(=O)Nc2ccc3c(c2)OCCO3)cc1F)c1ccc(Cl)cc1. The molecule has 3 aromatic carbocycles. The smallest absolute Gasteiger partial charge is 0.262 e. The number of carbonyl (C=O) groups excluding carboxylic acids is 1. The Balaban J connectivity index is 1.51. The molecule has 160 valence electrons. The predicted molar refractivity (Wildman–Crippen MR) is 114 cm³/mol. The van der Waals surface area contributed by atoms with Gasteiger partial charge in [0.2, 0.25) is 0 Å². The van der Waals surface area contributed by atoms with Crippen LogP contribution in [-0.2, 0) is 10.0 Å². The summed E-state index contributed by atoms with van der Waals surface area (Å²) >= 11 is 5.79. The molecule has 1 amide bonds. The summed E-state index contributed by atoms with van der Waals surface area (Å²) in [7, 11) is -4.08. The maximum Gasteiger partial charge on any atom is 0.262 e. The van der Waals surface area contributed by atoms with Crippen LogP contribution >= 0.6 is 11.6 Å². The van der Waals surface area contributed by atoms with Crippen molar-refractivity contribution in [3.8, 4) is 11.5 Å². The standard InChI is InChI=1S/C21H16ClFN2O5S/c22-14-3-1-13(2-4-14)21(26)24-18-7-6-16(12-17(18)23)31(27,28)25-15-5-8-19-20(11-15)30-10-9-29-19/h1-8,11-12,25H,9-10H2,(H,24,26). The highest BCUT2D eigenvalue weighted by atomic mass is 35.5. The van der Waals surface area contributed by atoms with Crippen LogP contribution in [0.2, 0.25) is 5.02 Å². The van der Waals surface area contributed by atoms with Crippen LogP contribution in [0.5, 0.6) is 11.5 Å². The number of hydrogen-bond donors (Lipinski definition) is 2. The second-order valence-electron chi connectivity index (χ2n) is 6.57. The average Bonchev–Trinajstić information content (AvgIpc) is 2.75. The number of nitrogens with one attached hydrogen (secondary N) is 2. The summed E-state index contributed by atoms with van der Waals surface area (Å²) in [5.74, 6) is -0.521. The maximum atomic E-state index is 14.5. The Kier molecular flexibility index (Phi) is 5.71. The number of fused-ring (bicyclic) bond motifs is 1. The van der Waals surface area contributed by atoms with Gasteiger partial charge in [-0.15, -0.1) is 0 Å². The Labute approximate surface area is 182 Å². The molecule has 10 heteroatoms. The van der Waals surface area contributed by atoms with Crippen molar-refractivity contribution in [2.24, 2.45) is 0 Å². The lowest BCUT2D eigenvalue weighted by Crippen LogP contribution is -2.17. The lowest BCUT2D eigenvalue weighted by atomic mass is 10.2. The quantitative estimate of drug-likeness (QED) is 0.589. The molecule has 1 aliphatic rings. The Morgan fingerprint density at radius 2 is 1.65 bits per heavy atom. The lowest BCUT2D eigenvalue weighted by molar-refractivity contribution is 0.102. The molecular formula is C21H16ClFN2O5S. The molecule has 4 rings (SSSR count). The maximum absolute atomic E-state index is 14.5. The molecule has 0 spiro atoms. The Morgan fingerprint density at radius 1 is 0.935 bits per heavy atom. The van der Waals surface area contributed by atoms with Gasteiger partial charge in [0, 0.05) is 16.7 Å². The van der Waals surface area contributed by atoms with Crippen molar-refractivity contribution >= 4 is 38.9 Å². The fourth-order valence-electron chi connectivity index (χ4n) is 2.88. The van der Waals surface area contributed by atoms with Crippen molar-refractivity contribution in [3.63, 3.8) is 0 Å². The van der Waals surface area contributed by atoms with Gasteiger partial charge in [-0.2, -0.15) is 0 Å². The number of sulfonamides is 1. The first-order chi connectivity index (χ1) is 14.8. The summed E-state index contributed by atoms with van der Waals surface area (Å²) < 4.78 is 53.0. The Bertz CT molecular complexity index is 1250. The zero-order valence-electron chi connectivity index (χ0n) is 15.9. The number of halogens is 2. The van der Waals surface area contributed by atoms with E-state index in [1.54, 1.807) is 6.07 Å². The van der Waals surface area contributed by atoms with Gasteiger partial charge >= 0.3 is 0 Å². The van der Waals surface area contributed by atoms with Crippen LogP contribution in [-0.4, -0.2) is 27.5 Å². The van der Waals surface area contributed by atoms with Crippen LogP contribution in [0.15, 0.2) is 65.6 Å². The van der Waals surface area contributed by atoms with Gasteiger partial charge in [0.1, 0.15) is 19.0 Å². The van der Waals surface area contributed by atoms with Crippen LogP contribution in [0.25, 0.3) is 0 Å². The molecule has 0 bridgehead atoms. The zero-order chi connectivity index (χ0) is 22.0. The molecule has 3 aromatic rings. The number of anilines is 2. The first kappa shape index (κ1) is 21.0. The van der Waals surface area contributed by atoms with E-state index in [0.717, 1.165) is 6.07 Å². The van der Waals surface area contributed by atoms with Crippen molar-refractivity contribution < 1.29 is 27.1 Å². The van der Waals surface area contributed by atoms with Gasteiger partial charge in [-0.1, -0.05) is 11.6 Å². The first-order valence-electron chi connectivity index (χ1n) is 9.11.